The van der Waals surface area contributed by atoms with Crippen LogP contribution in [-0.2, 0) is 9.59 Å². The SMILES string of the molecule is O=C1C2C3C=CC(C3)C2C(=O)N1N=Cc1cc(Br)c(O)cc1O. The van der Waals surface area contributed by atoms with Gasteiger partial charge in [0.2, 0.25) is 0 Å². The molecule has 1 saturated heterocycles. The molecule has 0 radical (unpaired) electrons. The number of phenols is 2. The minimum absolute atomic E-state index is 0.106. The number of allylic oxidation sites excluding steroid dienone is 2. The molecule has 118 valence electrons. The fourth-order valence-electron chi connectivity index (χ4n) is 3.79. The molecule has 6 nitrogen and oxygen atoms in total. The summed E-state index contributed by atoms with van der Waals surface area (Å²) in [5.74, 6) is -1.16. The van der Waals surface area contributed by atoms with Crippen molar-refractivity contribution in [1.82, 2.24) is 5.01 Å². The number of imide groups is 1. The Bertz CT molecular complexity index is 759. The second-order valence-electron chi connectivity index (χ2n) is 6.10. The minimum atomic E-state index is -0.296. The number of amides is 2. The Morgan fingerprint density at radius 2 is 1.70 bits per heavy atom. The average Bonchev–Trinajstić information content (AvgIpc) is 3.17. The fourth-order valence-corrected chi connectivity index (χ4v) is 4.15. The summed E-state index contributed by atoms with van der Waals surface area (Å²) < 4.78 is 0.384. The quantitative estimate of drug-likeness (QED) is 0.469. The maximum atomic E-state index is 12.5. The number of carbonyl (C=O) groups is 2. The average molecular weight is 377 g/mol. The van der Waals surface area contributed by atoms with Crippen molar-refractivity contribution in [3.63, 3.8) is 0 Å². The topological polar surface area (TPSA) is 90.2 Å². The molecule has 23 heavy (non-hydrogen) atoms. The molecule has 4 atom stereocenters. The molecule has 7 heteroatoms. The fraction of sp³-hybridized carbons (Fsp3) is 0.312. The van der Waals surface area contributed by atoms with Crippen LogP contribution >= 0.6 is 15.9 Å². The van der Waals surface area contributed by atoms with Gasteiger partial charge in [0.1, 0.15) is 11.5 Å². The van der Waals surface area contributed by atoms with Gasteiger partial charge in [-0.25, -0.2) is 0 Å². The van der Waals surface area contributed by atoms with Crippen LogP contribution in [0, 0.1) is 23.7 Å². The number of carbonyl (C=O) groups excluding carboxylic acids is 2. The van der Waals surface area contributed by atoms with Gasteiger partial charge >= 0.3 is 0 Å². The zero-order valence-electron chi connectivity index (χ0n) is 11.9. The van der Waals surface area contributed by atoms with Crippen LogP contribution in [0.5, 0.6) is 11.5 Å². The van der Waals surface area contributed by atoms with E-state index >= 15 is 0 Å². The first-order chi connectivity index (χ1) is 11.0. The molecule has 2 N–H and O–H groups in total. The van der Waals surface area contributed by atoms with E-state index in [1.807, 2.05) is 12.2 Å². The highest BCUT2D eigenvalue weighted by atomic mass is 79.9. The molecule has 0 aromatic heterocycles. The van der Waals surface area contributed by atoms with Crippen LogP contribution < -0.4 is 0 Å². The molecule has 1 heterocycles. The van der Waals surface area contributed by atoms with Crippen molar-refractivity contribution in [3.8, 4) is 11.5 Å². The second kappa shape index (κ2) is 4.92. The number of fused-ring (bicyclic) bond motifs is 5. The van der Waals surface area contributed by atoms with Crippen molar-refractivity contribution >= 4 is 34.0 Å². The minimum Gasteiger partial charge on any atom is -0.507 e. The van der Waals surface area contributed by atoms with E-state index in [1.165, 1.54) is 12.3 Å². The van der Waals surface area contributed by atoms with Gasteiger partial charge in [0.05, 0.1) is 22.5 Å². The number of hydrogen-bond donors (Lipinski definition) is 2. The summed E-state index contributed by atoms with van der Waals surface area (Å²) in [7, 11) is 0. The molecule has 4 rings (SSSR count). The maximum Gasteiger partial charge on any atom is 0.254 e. The van der Waals surface area contributed by atoms with Crippen LogP contribution in [0.4, 0.5) is 0 Å². The number of phenolic OH excluding ortho intramolecular Hbond substituents is 2. The Hall–Kier alpha value is -2.15. The van der Waals surface area contributed by atoms with Gasteiger partial charge in [0.15, 0.2) is 0 Å². The van der Waals surface area contributed by atoms with Gasteiger partial charge in [-0.1, -0.05) is 12.2 Å². The highest BCUT2D eigenvalue weighted by Crippen LogP contribution is 2.52. The Kier molecular flexibility index (Phi) is 3.09. The normalized spacial score (nSPS) is 31.6. The first-order valence-corrected chi connectivity index (χ1v) is 8.08. The third-order valence-electron chi connectivity index (χ3n) is 4.86. The lowest BCUT2D eigenvalue weighted by atomic mass is 9.85. The Balaban J connectivity index is 1.62. The lowest BCUT2D eigenvalue weighted by Gasteiger charge is -2.13. The highest BCUT2D eigenvalue weighted by molar-refractivity contribution is 9.10. The van der Waals surface area contributed by atoms with Gasteiger partial charge in [0, 0.05) is 11.6 Å². The third kappa shape index (κ3) is 2.03. The maximum absolute atomic E-state index is 12.5. The molecular formula is C16H13BrN2O4. The molecule has 2 bridgehead atoms. The molecule has 1 aromatic rings. The molecule has 0 spiro atoms. The van der Waals surface area contributed by atoms with Crippen molar-refractivity contribution < 1.29 is 19.8 Å². The van der Waals surface area contributed by atoms with Crippen molar-refractivity contribution in [2.75, 3.05) is 0 Å². The van der Waals surface area contributed by atoms with Crippen molar-refractivity contribution in [3.05, 3.63) is 34.3 Å². The van der Waals surface area contributed by atoms with E-state index in [-0.39, 0.29) is 47.0 Å². The second-order valence-corrected chi connectivity index (χ2v) is 6.95. The van der Waals surface area contributed by atoms with Gasteiger partial charge < -0.3 is 10.2 Å². The molecule has 1 saturated carbocycles. The number of halogens is 1. The molecule has 2 fully saturated rings. The molecular weight excluding hydrogens is 364 g/mol. The molecule has 1 aromatic carbocycles. The molecule has 1 aliphatic heterocycles. The van der Waals surface area contributed by atoms with Crippen LogP contribution in [0.3, 0.4) is 0 Å². The van der Waals surface area contributed by atoms with Gasteiger partial charge in [-0.3, -0.25) is 9.59 Å². The van der Waals surface area contributed by atoms with E-state index in [2.05, 4.69) is 21.0 Å². The van der Waals surface area contributed by atoms with Crippen molar-refractivity contribution in [2.24, 2.45) is 28.8 Å². The van der Waals surface area contributed by atoms with Gasteiger partial charge in [0.25, 0.3) is 11.8 Å². The Morgan fingerprint density at radius 3 is 2.30 bits per heavy atom. The number of hydrazone groups is 1. The van der Waals surface area contributed by atoms with Crippen LogP contribution in [0.2, 0.25) is 0 Å². The van der Waals surface area contributed by atoms with Gasteiger partial charge in [-0.05, 0) is 40.3 Å². The number of benzene rings is 1. The van der Waals surface area contributed by atoms with E-state index in [1.54, 1.807) is 0 Å². The van der Waals surface area contributed by atoms with Crippen molar-refractivity contribution in [1.29, 1.82) is 0 Å². The summed E-state index contributed by atoms with van der Waals surface area (Å²) in [6.45, 7) is 0. The predicted molar refractivity (Wildman–Crippen MR) is 84.6 cm³/mol. The summed E-state index contributed by atoms with van der Waals surface area (Å²) in [5.41, 5.74) is 0.299. The van der Waals surface area contributed by atoms with Gasteiger partial charge in [-0.15, -0.1) is 0 Å². The zero-order valence-corrected chi connectivity index (χ0v) is 13.5. The van der Waals surface area contributed by atoms with Crippen molar-refractivity contribution in [2.45, 2.75) is 6.42 Å². The number of rotatable bonds is 2. The largest absolute Gasteiger partial charge is 0.507 e. The lowest BCUT2D eigenvalue weighted by Crippen LogP contribution is -2.28. The lowest BCUT2D eigenvalue weighted by molar-refractivity contribution is -0.140. The Labute approximate surface area is 140 Å². The third-order valence-corrected chi connectivity index (χ3v) is 5.49. The van der Waals surface area contributed by atoms with E-state index in [9.17, 15) is 19.8 Å². The molecule has 2 aliphatic carbocycles. The standard InChI is InChI=1S/C16H13BrN2O4/c17-10-4-9(11(20)5-12(10)21)6-18-19-15(22)13-7-1-2-8(3-7)14(13)16(19)23/h1-2,4-8,13-14,20-21H,3H2. The smallest absolute Gasteiger partial charge is 0.254 e. The summed E-state index contributed by atoms with van der Waals surface area (Å²) in [4.78, 5) is 24.9. The summed E-state index contributed by atoms with van der Waals surface area (Å²) in [6, 6.07) is 2.63. The van der Waals surface area contributed by atoms with Crippen LogP contribution in [-0.4, -0.2) is 33.3 Å². The number of aromatic hydroxyl groups is 2. The zero-order chi connectivity index (χ0) is 16.3. The molecule has 4 unspecified atom stereocenters. The predicted octanol–water partition coefficient (Wildman–Crippen LogP) is 2.00. The summed E-state index contributed by atoms with van der Waals surface area (Å²) in [6.07, 6.45) is 6.17. The molecule has 3 aliphatic rings. The number of nitrogens with zero attached hydrogens (tertiary/aromatic N) is 2. The Morgan fingerprint density at radius 1 is 1.09 bits per heavy atom. The van der Waals surface area contributed by atoms with E-state index in [0.717, 1.165) is 17.5 Å². The van der Waals surface area contributed by atoms with E-state index < -0.39 is 0 Å². The first kappa shape index (κ1) is 14.4. The van der Waals surface area contributed by atoms with Crippen LogP contribution in [0.1, 0.15) is 12.0 Å². The van der Waals surface area contributed by atoms with E-state index in [4.69, 9.17) is 0 Å². The van der Waals surface area contributed by atoms with Crippen LogP contribution in [0.15, 0.2) is 33.9 Å². The summed E-state index contributed by atoms with van der Waals surface area (Å²) >= 11 is 3.14. The monoisotopic (exact) mass is 376 g/mol. The number of hydrogen-bond acceptors (Lipinski definition) is 5. The van der Waals surface area contributed by atoms with Gasteiger partial charge in [-0.2, -0.15) is 10.1 Å². The molecule has 2 amide bonds. The first-order valence-electron chi connectivity index (χ1n) is 7.29. The van der Waals surface area contributed by atoms with Crippen LogP contribution in [0.25, 0.3) is 0 Å². The van der Waals surface area contributed by atoms with E-state index in [0.29, 0.717) is 10.0 Å². The highest BCUT2D eigenvalue weighted by Gasteiger charge is 2.59. The summed E-state index contributed by atoms with van der Waals surface area (Å²) in [5, 5.41) is 24.2.